The predicted molar refractivity (Wildman–Crippen MR) is 137 cm³/mol. The summed E-state index contributed by atoms with van der Waals surface area (Å²) in [5.41, 5.74) is 3.64. The van der Waals surface area contributed by atoms with Crippen molar-refractivity contribution in [2.45, 2.75) is 50.5 Å². The molecule has 1 amide bonds. The number of rotatable bonds is 6. The van der Waals surface area contributed by atoms with Crippen LogP contribution in [0.5, 0.6) is 0 Å². The molecule has 7 nitrogen and oxygen atoms in total. The summed E-state index contributed by atoms with van der Waals surface area (Å²) >= 11 is 1.58. The first kappa shape index (κ1) is 24.6. The Morgan fingerprint density at radius 1 is 1.15 bits per heavy atom. The molecule has 4 rings (SSSR count). The quantitative estimate of drug-likeness (QED) is 0.290. The Morgan fingerprint density at radius 3 is 2.44 bits per heavy atom. The monoisotopic (exact) mass is 482 g/mol. The van der Waals surface area contributed by atoms with E-state index in [9.17, 15) is 10.0 Å². The molecule has 8 heteroatoms. The largest absolute Gasteiger partial charge is 0.381 e. The van der Waals surface area contributed by atoms with Crippen molar-refractivity contribution in [2.75, 3.05) is 31.6 Å². The molecule has 0 spiro atoms. The second-order valence-corrected chi connectivity index (χ2v) is 11.2. The molecule has 182 valence electrons. The highest BCUT2D eigenvalue weighted by Crippen LogP contribution is 2.33. The molecular weight excluding hydrogens is 448 g/mol. The van der Waals surface area contributed by atoms with Crippen molar-refractivity contribution in [1.82, 2.24) is 14.6 Å². The average Bonchev–Trinajstić information content (AvgIpc) is 3.18. The van der Waals surface area contributed by atoms with E-state index in [1.54, 1.807) is 24.1 Å². The third-order valence-corrected chi connectivity index (χ3v) is 7.15. The van der Waals surface area contributed by atoms with Crippen LogP contribution in [-0.2, 0) is 16.7 Å². The van der Waals surface area contributed by atoms with E-state index in [2.05, 4.69) is 47.8 Å². The van der Waals surface area contributed by atoms with Gasteiger partial charge in [0.15, 0.2) is 0 Å². The molecule has 2 heterocycles. The van der Waals surface area contributed by atoms with Crippen LogP contribution in [0.25, 0.3) is 11.0 Å². The molecule has 0 radical (unpaired) electrons. The summed E-state index contributed by atoms with van der Waals surface area (Å²) in [5.74, 6) is 1.31. The van der Waals surface area contributed by atoms with E-state index in [1.165, 1.54) is 12.6 Å². The average molecular weight is 483 g/mol. The molecule has 1 aromatic heterocycles. The highest BCUT2D eigenvalue weighted by molar-refractivity contribution is 8.00. The summed E-state index contributed by atoms with van der Waals surface area (Å²) in [5, 5.41) is 9.94. The zero-order valence-electron chi connectivity index (χ0n) is 20.6. The Hall–Kier alpha value is -2.55. The molecule has 1 aliphatic heterocycles. The van der Waals surface area contributed by atoms with Crippen LogP contribution in [-0.4, -0.2) is 53.0 Å². The first-order chi connectivity index (χ1) is 16.1. The molecule has 1 aliphatic rings. The number of amides is 1. The van der Waals surface area contributed by atoms with E-state index in [0.29, 0.717) is 16.5 Å². The zero-order chi connectivity index (χ0) is 24.5. The number of anilines is 1. The molecular formula is C26H34N4O3S. The third-order valence-electron chi connectivity index (χ3n) is 6.19. The van der Waals surface area contributed by atoms with Crippen LogP contribution in [0, 0.1) is 5.92 Å². The number of imidazole rings is 1. The number of carbonyl (C=O) groups excluding carboxylic acids is 1. The van der Waals surface area contributed by atoms with Crippen LogP contribution < -0.4 is 4.31 Å². The summed E-state index contributed by atoms with van der Waals surface area (Å²) in [6, 6.07) is 13.7. The Kier molecular flexibility index (Phi) is 7.21. The number of hydroxylamine groups is 2. The molecule has 0 bridgehead atoms. The summed E-state index contributed by atoms with van der Waals surface area (Å²) in [7, 11) is 3.35. The van der Waals surface area contributed by atoms with Gasteiger partial charge in [0.05, 0.1) is 11.0 Å². The number of carbonyl (C=O) groups is 1. The summed E-state index contributed by atoms with van der Waals surface area (Å²) in [6.45, 7) is 9.34. The molecule has 34 heavy (non-hydrogen) atoms. The maximum atomic E-state index is 11.9. The number of aromatic nitrogens is 2. The molecule has 0 atom stereocenters. The fraction of sp³-hybridized carbons (Fsp3) is 0.462. The maximum absolute atomic E-state index is 11.9. The van der Waals surface area contributed by atoms with Crippen LogP contribution in [0.2, 0.25) is 0 Å². The van der Waals surface area contributed by atoms with Crippen LogP contribution in [0.3, 0.4) is 0 Å². The first-order valence-electron chi connectivity index (χ1n) is 11.7. The van der Waals surface area contributed by atoms with Gasteiger partial charge in [-0.25, -0.2) is 10.0 Å². The summed E-state index contributed by atoms with van der Waals surface area (Å²) in [4.78, 5) is 18.0. The minimum Gasteiger partial charge on any atom is -0.381 e. The van der Waals surface area contributed by atoms with Gasteiger partial charge in [0.25, 0.3) is 5.91 Å². The topological polar surface area (TPSA) is 70.8 Å². The number of nitrogens with zero attached hydrogens (tertiary/aromatic N) is 4. The van der Waals surface area contributed by atoms with Crippen LogP contribution in [0.1, 0.15) is 49.8 Å². The van der Waals surface area contributed by atoms with Gasteiger partial charge in [-0.15, -0.1) is 0 Å². The van der Waals surface area contributed by atoms with Crippen molar-refractivity contribution in [3.63, 3.8) is 0 Å². The SMILES string of the molecule is CN(O)C(=O)c1ccc(SN(C)c2ccc3c(c2)nc(C(C)(C)C)n3CC2CCOCC2)cc1. The second kappa shape index (κ2) is 9.98. The Labute approximate surface area is 205 Å². The fourth-order valence-corrected chi connectivity index (χ4v) is 5.11. The minimum absolute atomic E-state index is 0.0488. The number of hydrogen-bond acceptors (Lipinski definition) is 6. The second-order valence-electron chi connectivity index (χ2n) is 9.97. The Bertz CT molecular complexity index is 1150. The molecule has 0 aliphatic carbocycles. The van der Waals surface area contributed by atoms with Crippen molar-refractivity contribution in [2.24, 2.45) is 5.92 Å². The minimum atomic E-state index is -0.429. The predicted octanol–water partition coefficient (Wildman–Crippen LogP) is 5.37. The Balaban J connectivity index is 1.57. The number of ether oxygens (including phenoxy) is 1. The molecule has 1 fully saturated rings. The molecule has 3 aromatic rings. The summed E-state index contributed by atoms with van der Waals surface area (Å²) in [6.07, 6.45) is 2.19. The van der Waals surface area contributed by atoms with Crippen molar-refractivity contribution in [3.8, 4) is 0 Å². The van der Waals surface area contributed by atoms with Gasteiger partial charge in [-0.2, -0.15) is 0 Å². The van der Waals surface area contributed by atoms with E-state index in [0.717, 1.165) is 54.5 Å². The number of fused-ring (bicyclic) bond motifs is 1. The van der Waals surface area contributed by atoms with Gasteiger partial charge in [0, 0.05) is 55.4 Å². The van der Waals surface area contributed by atoms with Crippen LogP contribution >= 0.6 is 11.9 Å². The first-order valence-corrected chi connectivity index (χ1v) is 12.5. The van der Waals surface area contributed by atoms with E-state index in [-0.39, 0.29) is 5.41 Å². The molecule has 0 unspecified atom stereocenters. The third kappa shape index (κ3) is 5.40. The lowest BCUT2D eigenvalue weighted by Crippen LogP contribution is -2.25. The van der Waals surface area contributed by atoms with Crippen molar-refractivity contribution in [1.29, 1.82) is 0 Å². The highest BCUT2D eigenvalue weighted by Gasteiger charge is 2.25. The smallest absolute Gasteiger partial charge is 0.276 e. The zero-order valence-corrected chi connectivity index (χ0v) is 21.4. The number of hydrogen-bond donors (Lipinski definition) is 1. The standard InChI is InChI=1S/C26H34N4O3S/c1-26(2,3)25-27-22-16-20(8-11-23(22)30(25)17-18-12-14-33-15-13-18)29(5)34-21-9-6-19(7-10-21)24(31)28(4)32/h6-11,16,18,32H,12-15,17H2,1-5H3. The van der Waals surface area contributed by atoms with E-state index >= 15 is 0 Å². The lowest BCUT2D eigenvalue weighted by molar-refractivity contribution is -0.0374. The van der Waals surface area contributed by atoms with E-state index < -0.39 is 5.91 Å². The Morgan fingerprint density at radius 2 is 1.82 bits per heavy atom. The maximum Gasteiger partial charge on any atom is 0.276 e. The van der Waals surface area contributed by atoms with Gasteiger partial charge in [-0.1, -0.05) is 20.8 Å². The van der Waals surface area contributed by atoms with Gasteiger partial charge >= 0.3 is 0 Å². The van der Waals surface area contributed by atoms with E-state index in [4.69, 9.17) is 9.72 Å². The molecule has 0 saturated carbocycles. The molecule has 1 N–H and O–H groups in total. The van der Waals surface area contributed by atoms with Crippen molar-refractivity contribution < 1.29 is 14.7 Å². The van der Waals surface area contributed by atoms with Gasteiger partial charge in [-0.3, -0.25) is 10.0 Å². The fourth-order valence-electron chi connectivity index (χ4n) is 4.31. The van der Waals surface area contributed by atoms with Crippen LogP contribution in [0.15, 0.2) is 47.4 Å². The van der Waals surface area contributed by atoms with Crippen molar-refractivity contribution >= 4 is 34.6 Å². The van der Waals surface area contributed by atoms with E-state index in [1.807, 2.05) is 19.2 Å². The highest BCUT2D eigenvalue weighted by atomic mass is 32.2. The lowest BCUT2D eigenvalue weighted by atomic mass is 9.94. The van der Waals surface area contributed by atoms with Crippen molar-refractivity contribution in [3.05, 3.63) is 53.9 Å². The van der Waals surface area contributed by atoms with Gasteiger partial charge in [0.1, 0.15) is 5.82 Å². The van der Waals surface area contributed by atoms with Crippen LogP contribution in [0.4, 0.5) is 5.69 Å². The van der Waals surface area contributed by atoms with Gasteiger partial charge < -0.3 is 13.6 Å². The molecule has 2 aromatic carbocycles. The van der Waals surface area contributed by atoms with Gasteiger partial charge in [-0.05, 0) is 73.2 Å². The normalized spacial score (nSPS) is 15.0. The lowest BCUT2D eigenvalue weighted by Gasteiger charge is -2.26. The number of benzene rings is 2. The summed E-state index contributed by atoms with van der Waals surface area (Å²) < 4.78 is 10.1. The molecule has 1 saturated heterocycles. The van der Waals surface area contributed by atoms with Gasteiger partial charge in [0.2, 0.25) is 0 Å².